The second kappa shape index (κ2) is 5.66. The van der Waals surface area contributed by atoms with Crippen molar-refractivity contribution in [1.82, 2.24) is 19.8 Å². The van der Waals surface area contributed by atoms with Gasteiger partial charge in [0.25, 0.3) is 0 Å². The van der Waals surface area contributed by atoms with E-state index in [0.717, 1.165) is 6.42 Å². The lowest BCUT2D eigenvalue weighted by Gasteiger charge is -2.18. The normalized spacial score (nSPS) is 16.9. The quantitative estimate of drug-likeness (QED) is 0.800. The number of carbonyl (C=O) groups is 2. The minimum atomic E-state index is -0.0992. The summed E-state index contributed by atoms with van der Waals surface area (Å²) >= 11 is 0. The molecular formula is C12H18N4O2. The molecule has 18 heavy (non-hydrogen) atoms. The van der Waals surface area contributed by atoms with E-state index >= 15 is 0 Å². The molecule has 1 aromatic heterocycles. The van der Waals surface area contributed by atoms with Crippen LogP contribution in [0, 0.1) is 0 Å². The highest BCUT2D eigenvalue weighted by molar-refractivity contribution is 5.85. The Bertz CT molecular complexity index is 416. The molecule has 0 spiro atoms. The first-order valence-corrected chi connectivity index (χ1v) is 6.18. The van der Waals surface area contributed by atoms with Gasteiger partial charge in [0.2, 0.25) is 11.8 Å². The van der Waals surface area contributed by atoms with Crippen molar-refractivity contribution in [3.8, 4) is 0 Å². The molecule has 0 radical (unpaired) electrons. The number of amides is 2. The van der Waals surface area contributed by atoms with E-state index in [1.54, 1.807) is 17.4 Å². The molecule has 1 aliphatic rings. The smallest absolute Gasteiger partial charge is 0.239 e. The predicted molar refractivity (Wildman–Crippen MR) is 65.6 cm³/mol. The topological polar surface area (TPSA) is 67.2 Å². The molecule has 0 bridgehead atoms. The average molecular weight is 250 g/mol. The Kier molecular flexibility index (Phi) is 3.96. The van der Waals surface area contributed by atoms with E-state index in [2.05, 4.69) is 10.3 Å². The maximum Gasteiger partial charge on any atom is 0.239 e. The molecule has 2 amide bonds. The van der Waals surface area contributed by atoms with E-state index in [9.17, 15) is 9.59 Å². The van der Waals surface area contributed by atoms with Crippen LogP contribution in [0.15, 0.2) is 18.7 Å². The fraction of sp³-hybridized carbons (Fsp3) is 0.583. The number of imidazole rings is 1. The summed E-state index contributed by atoms with van der Waals surface area (Å²) in [7, 11) is 0. The van der Waals surface area contributed by atoms with Crippen LogP contribution in [-0.2, 0) is 16.1 Å². The number of hydrogen-bond donors (Lipinski definition) is 1. The molecule has 98 valence electrons. The van der Waals surface area contributed by atoms with Crippen molar-refractivity contribution in [2.24, 2.45) is 0 Å². The summed E-state index contributed by atoms with van der Waals surface area (Å²) < 4.78 is 1.91. The maximum absolute atomic E-state index is 11.8. The van der Waals surface area contributed by atoms with Gasteiger partial charge in [-0.05, 0) is 13.3 Å². The monoisotopic (exact) mass is 250 g/mol. The molecule has 1 saturated heterocycles. The lowest BCUT2D eigenvalue weighted by Crippen LogP contribution is -2.42. The second-order valence-corrected chi connectivity index (χ2v) is 4.65. The molecule has 1 atom stereocenters. The standard InChI is InChI=1S/C12H18N4O2/c1-10(7-15-6-4-13-9-15)14-11(17)8-16-5-2-3-12(16)18/h4,6,9-10H,2-3,5,7-8H2,1H3,(H,14,17). The van der Waals surface area contributed by atoms with Crippen LogP contribution >= 0.6 is 0 Å². The van der Waals surface area contributed by atoms with Crippen molar-refractivity contribution in [1.29, 1.82) is 0 Å². The minimum absolute atomic E-state index is 0.0180. The first kappa shape index (κ1) is 12.6. The molecule has 1 aliphatic heterocycles. The highest BCUT2D eigenvalue weighted by atomic mass is 16.2. The van der Waals surface area contributed by atoms with Crippen LogP contribution in [0.3, 0.4) is 0 Å². The lowest BCUT2D eigenvalue weighted by atomic mass is 10.3. The van der Waals surface area contributed by atoms with Crippen molar-refractivity contribution < 1.29 is 9.59 Å². The number of rotatable bonds is 5. The van der Waals surface area contributed by atoms with E-state index in [1.165, 1.54) is 0 Å². The third kappa shape index (κ3) is 3.32. The van der Waals surface area contributed by atoms with E-state index < -0.39 is 0 Å². The van der Waals surface area contributed by atoms with Crippen molar-refractivity contribution in [2.45, 2.75) is 32.4 Å². The van der Waals surface area contributed by atoms with Gasteiger partial charge >= 0.3 is 0 Å². The Morgan fingerprint density at radius 1 is 1.61 bits per heavy atom. The molecule has 2 rings (SSSR count). The third-order valence-corrected chi connectivity index (χ3v) is 2.96. The Labute approximate surface area is 106 Å². The molecule has 1 N–H and O–H groups in total. The second-order valence-electron chi connectivity index (χ2n) is 4.65. The fourth-order valence-corrected chi connectivity index (χ4v) is 2.12. The molecule has 1 aromatic rings. The number of nitrogens with zero attached hydrogens (tertiary/aromatic N) is 3. The van der Waals surface area contributed by atoms with Gasteiger partial charge < -0.3 is 14.8 Å². The van der Waals surface area contributed by atoms with Crippen molar-refractivity contribution in [2.75, 3.05) is 13.1 Å². The van der Waals surface area contributed by atoms with Crippen molar-refractivity contribution in [3.05, 3.63) is 18.7 Å². The summed E-state index contributed by atoms with van der Waals surface area (Å²) in [5, 5.41) is 2.88. The fourth-order valence-electron chi connectivity index (χ4n) is 2.12. The van der Waals surface area contributed by atoms with Gasteiger partial charge in [-0.3, -0.25) is 9.59 Å². The van der Waals surface area contributed by atoms with Gasteiger partial charge in [-0.2, -0.15) is 0 Å². The Morgan fingerprint density at radius 3 is 3.06 bits per heavy atom. The summed E-state index contributed by atoms with van der Waals surface area (Å²) in [4.78, 5) is 28.7. The van der Waals surface area contributed by atoms with Crippen LogP contribution in [0.25, 0.3) is 0 Å². The lowest BCUT2D eigenvalue weighted by molar-refractivity contribution is -0.133. The molecule has 0 saturated carbocycles. The number of carbonyl (C=O) groups excluding carboxylic acids is 2. The van der Waals surface area contributed by atoms with Crippen LogP contribution in [0.5, 0.6) is 0 Å². The van der Waals surface area contributed by atoms with E-state index in [4.69, 9.17) is 0 Å². The molecule has 0 aliphatic carbocycles. The van der Waals surface area contributed by atoms with Gasteiger partial charge in [-0.25, -0.2) is 4.98 Å². The average Bonchev–Trinajstić information content (AvgIpc) is 2.91. The van der Waals surface area contributed by atoms with Crippen LogP contribution in [-0.4, -0.2) is 45.4 Å². The largest absolute Gasteiger partial charge is 0.350 e. The minimum Gasteiger partial charge on any atom is -0.350 e. The van der Waals surface area contributed by atoms with Gasteiger partial charge in [0.15, 0.2) is 0 Å². The van der Waals surface area contributed by atoms with Gasteiger partial charge in [0.05, 0.1) is 12.9 Å². The first-order valence-electron chi connectivity index (χ1n) is 6.18. The number of hydrogen-bond acceptors (Lipinski definition) is 3. The highest BCUT2D eigenvalue weighted by Crippen LogP contribution is 2.08. The summed E-state index contributed by atoms with van der Waals surface area (Å²) in [6.45, 7) is 3.48. The molecule has 1 fully saturated rings. The predicted octanol–water partition coefficient (Wildman–Crippen LogP) is 0.0102. The zero-order valence-corrected chi connectivity index (χ0v) is 10.5. The molecular weight excluding hydrogens is 232 g/mol. The number of nitrogens with one attached hydrogen (secondary N) is 1. The first-order chi connectivity index (χ1) is 8.65. The molecule has 6 nitrogen and oxygen atoms in total. The van der Waals surface area contributed by atoms with Crippen LogP contribution in [0.1, 0.15) is 19.8 Å². The van der Waals surface area contributed by atoms with Gasteiger partial charge in [0.1, 0.15) is 0 Å². The van der Waals surface area contributed by atoms with Crippen LogP contribution in [0.4, 0.5) is 0 Å². The molecule has 1 unspecified atom stereocenters. The number of likely N-dealkylation sites (tertiary alicyclic amines) is 1. The zero-order valence-electron chi connectivity index (χ0n) is 10.5. The van der Waals surface area contributed by atoms with Crippen LogP contribution < -0.4 is 5.32 Å². The summed E-state index contributed by atoms with van der Waals surface area (Å²) in [5.74, 6) is -0.0229. The van der Waals surface area contributed by atoms with E-state index in [1.807, 2.05) is 17.7 Å². The summed E-state index contributed by atoms with van der Waals surface area (Å²) in [6.07, 6.45) is 6.70. The van der Waals surface area contributed by atoms with E-state index in [0.29, 0.717) is 19.5 Å². The summed E-state index contributed by atoms with van der Waals surface area (Å²) in [5.41, 5.74) is 0. The Balaban J connectivity index is 1.75. The molecule has 6 heteroatoms. The van der Waals surface area contributed by atoms with Crippen molar-refractivity contribution >= 4 is 11.8 Å². The Morgan fingerprint density at radius 2 is 2.44 bits per heavy atom. The van der Waals surface area contributed by atoms with Crippen LogP contribution in [0.2, 0.25) is 0 Å². The number of aromatic nitrogens is 2. The van der Waals surface area contributed by atoms with Gasteiger partial charge in [-0.15, -0.1) is 0 Å². The third-order valence-electron chi connectivity index (χ3n) is 2.96. The van der Waals surface area contributed by atoms with Crippen molar-refractivity contribution in [3.63, 3.8) is 0 Å². The SMILES string of the molecule is CC(Cn1ccnc1)NC(=O)CN1CCCC1=O. The van der Waals surface area contributed by atoms with E-state index in [-0.39, 0.29) is 24.4 Å². The Hall–Kier alpha value is -1.85. The maximum atomic E-state index is 11.8. The summed E-state index contributed by atoms with van der Waals surface area (Å²) in [6, 6.07) is 0.0180. The zero-order chi connectivity index (χ0) is 13.0. The molecule has 2 heterocycles. The van der Waals surface area contributed by atoms with Gasteiger partial charge in [0, 0.05) is 37.9 Å². The van der Waals surface area contributed by atoms with Gasteiger partial charge in [-0.1, -0.05) is 0 Å². The molecule has 0 aromatic carbocycles. The highest BCUT2D eigenvalue weighted by Gasteiger charge is 2.22.